The van der Waals surface area contributed by atoms with E-state index in [9.17, 15) is 4.79 Å². The van der Waals surface area contributed by atoms with Gasteiger partial charge in [-0.1, -0.05) is 43.2 Å². The molecule has 1 aromatic carbocycles. The molecule has 2 rings (SSSR count). The molecule has 1 heterocycles. The number of hydrogen-bond donors (Lipinski definition) is 2. The van der Waals surface area contributed by atoms with Crippen LogP contribution in [-0.2, 0) is 6.54 Å². The summed E-state index contributed by atoms with van der Waals surface area (Å²) in [5.74, 6) is -0.152. The lowest BCUT2D eigenvalue weighted by molar-refractivity contribution is 0.0946. The van der Waals surface area contributed by atoms with E-state index in [-0.39, 0.29) is 5.91 Å². The van der Waals surface area contributed by atoms with Crippen molar-refractivity contribution in [3.05, 3.63) is 59.4 Å². The fourth-order valence-electron chi connectivity index (χ4n) is 2.02. The minimum Gasteiger partial charge on any atom is -0.384 e. The van der Waals surface area contributed by atoms with Crippen molar-refractivity contribution in [1.82, 2.24) is 10.3 Å². The lowest BCUT2D eigenvalue weighted by Gasteiger charge is -2.07. The van der Waals surface area contributed by atoms with Gasteiger partial charge in [-0.05, 0) is 31.0 Å². The summed E-state index contributed by atoms with van der Waals surface area (Å²) in [5.41, 5.74) is 3.68. The van der Waals surface area contributed by atoms with Gasteiger partial charge in [0.15, 0.2) is 0 Å². The predicted molar refractivity (Wildman–Crippen MR) is 90.0 cm³/mol. The van der Waals surface area contributed by atoms with Crippen molar-refractivity contribution >= 4 is 11.6 Å². The number of carbonyl (C=O) groups excluding carboxylic acids is 1. The Kier molecular flexibility index (Phi) is 5.95. The third-order valence-corrected chi connectivity index (χ3v) is 3.43. The summed E-state index contributed by atoms with van der Waals surface area (Å²) in [5, 5.41) is 6.17. The highest BCUT2D eigenvalue weighted by molar-refractivity contribution is 5.92. The number of benzene rings is 1. The van der Waals surface area contributed by atoms with Crippen LogP contribution in [0.1, 0.15) is 41.4 Å². The summed E-state index contributed by atoms with van der Waals surface area (Å²) >= 11 is 0. The highest BCUT2D eigenvalue weighted by Gasteiger charge is 2.06. The zero-order valence-corrected chi connectivity index (χ0v) is 13.2. The molecule has 22 heavy (non-hydrogen) atoms. The molecule has 0 aliphatic carbocycles. The molecule has 0 bridgehead atoms. The van der Waals surface area contributed by atoms with Crippen LogP contribution in [0.3, 0.4) is 0 Å². The van der Waals surface area contributed by atoms with Crippen molar-refractivity contribution in [2.45, 2.75) is 33.2 Å². The number of aromatic nitrogens is 1. The van der Waals surface area contributed by atoms with E-state index in [0.29, 0.717) is 12.2 Å². The highest BCUT2D eigenvalue weighted by atomic mass is 16.1. The molecule has 1 aromatic heterocycles. The summed E-state index contributed by atoms with van der Waals surface area (Å²) in [6.07, 6.45) is 3.98. The standard InChI is InChI=1S/C18H23N3O/c1-3-4-11-19-16-9-10-17(20-13-16)18(22)21-12-15-7-5-14(2)6-8-15/h5-10,13,19H,3-4,11-12H2,1-2H3,(H,21,22). The smallest absolute Gasteiger partial charge is 0.270 e. The normalized spacial score (nSPS) is 10.3. The Balaban J connectivity index is 1.85. The number of rotatable bonds is 7. The largest absolute Gasteiger partial charge is 0.384 e. The Morgan fingerprint density at radius 1 is 1.14 bits per heavy atom. The summed E-state index contributed by atoms with van der Waals surface area (Å²) in [6.45, 7) is 5.64. The van der Waals surface area contributed by atoms with Gasteiger partial charge in [0.1, 0.15) is 5.69 Å². The number of hydrogen-bond acceptors (Lipinski definition) is 3. The lowest BCUT2D eigenvalue weighted by atomic mass is 10.1. The molecule has 0 saturated carbocycles. The fourth-order valence-corrected chi connectivity index (χ4v) is 2.02. The molecule has 116 valence electrons. The van der Waals surface area contributed by atoms with Gasteiger partial charge in [0.2, 0.25) is 0 Å². The maximum atomic E-state index is 12.1. The first-order chi connectivity index (χ1) is 10.7. The number of carbonyl (C=O) groups is 1. The van der Waals surface area contributed by atoms with Crippen LogP contribution in [0.25, 0.3) is 0 Å². The summed E-state index contributed by atoms with van der Waals surface area (Å²) in [6, 6.07) is 11.8. The summed E-state index contributed by atoms with van der Waals surface area (Å²) in [7, 11) is 0. The van der Waals surface area contributed by atoms with Gasteiger partial charge in [-0.25, -0.2) is 4.98 Å². The van der Waals surface area contributed by atoms with Crippen LogP contribution in [0.2, 0.25) is 0 Å². The zero-order chi connectivity index (χ0) is 15.8. The number of amides is 1. The molecular weight excluding hydrogens is 274 g/mol. The van der Waals surface area contributed by atoms with E-state index in [1.165, 1.54) is 5.56 Å². The number of unbranched alkanes of at least 4 members (excludes halogenated alkanes) is 1. The Bertz CT molecular complexity index is 591. The average molecular weight is 297 g/mol. The third kappa shape index (κ3) is 4.88. The molecule has 0 fully saturated rings. The third-order valence-electron chi connectivity index (χ3n) is 3.43. The van der Waals surface area contributed by atoms with Crippen LogP contribution < -0.4 is 10.6 Å². The molecule has 0 unspecified atom stereocenters. The van der Waals surface area contributed by atoms with Gasteiger partial charge < -0.3 is 10.6 Å². The monoisotopic (exact) mass is 297 g/mol. The Morgan fingerprint density at radius 2 is 1.91 bits per heavy atom. The molecule has 4 heteroatoms. The van der Waals surface area contributed by atoms with Gasteiger partial charge in [0.05, 0.1) is 11.9 Å². The molecule has 2 aromatic rings. The van der Waals surface area contributed by atoms with E-state index in [2.05, 4.69) is 22.5 Å². The first-order valence-corrected chi connectivity index (χ1v) is 7.72. The van der Waals surface area contributed by atoms with E-state index in [4.69, 9.17) is 0 Å². The number of pyridine rings is 1. The maximum Gasteiger partial charge on any atom is 0.270 e. The quantitative estimate of drug-likeness (QED) is 0.769. The maximum absolute atomic E-state index is 12.1. The molecule has 0 radical (unpaired) electrons. The number of aryl methyl sites for hydroxylation is 1. The second-order valence-electron chi connectivity index (χ2n) is 5.38. The Morgan fingerprint density at radius 3 is 2.55 bits per heavy atom. The Hall–Kier alpha value is -2.36. The van der Waals surface area contributed by atoms with Crippen LogP contribution in [0.15, 0.2) is 42.6 Å². The molecule has 4 nitrogen and oxygen atoms in total. The Labute approximate surface area is 132 Å². The fraction of sp³-hybridized carbons (Fsp3) is 0.333. The predicted octanol–water partition coefficient (Wildman–Crippen LogP) is 3.53. The van der Waals surface area contributed by atoms with Crippen LogP contribution in [0.5, 0.6) is 0 Å². The van der Waals surface area contributed by atoms with E-state index < -0.39 is 0 Å². The van der Waals surface area contributed by atoms with Crippen LogP contribution in [0, 0.1) is 6.92 Å². The summed E-state index contributed by atoms with van der Waals surface area (Å²) in [4.78, 5) is 16.3. The lowest BCUT2D eigenvalue weighted by Crippen LogP contribution is -2.23. The zero-order valence-electron chi connectivity index (χ0n) is 13.2. The van der Waals surface area contributed by atoms with Gasteiger partial charge in [-0.15, -0.1) is 0 Å². The minimum atomic E-state index is -0.152. The van der Waals surface area contributed by atoms with Crippen molar-refractivity contribution in [2.75, 3.05) is 11.9 Å². The molecule has 0 aliphatic heterocycles. The van der Waals surface area contributed by atoms with E-state index >= 15 is 0 Å². The molecule has 0 aliphatic rings. The van der Waals surface area contributed by atoms with Crippen LogP contribution in [0.4, 0.5) is 5.69 Å². The van der Waals surface area contributed by atoms with Crippen molar-refractivity contribution in [2.24, 2.45) is 0 Å². The van der Waals surface area contributed by atoms with Gasteiger partial charge in [-0.3, -0.25) is 4.79 Å². The molecular formula is C18H23N3O. The van der Waals surface area contributed by atoms with E-state index in [0.717, 1.165) is 30.6 Å². The second kappa shape index (κ2) is 8.17. The minimum absolute atomic E-state index is 0.152. The topological polar surface area (TPSA) is 54.0 Å². The van der Waals surface area contributed by atoms with E-state index in [1.54, 1.807) is 12.3 Å². The second-order valence-corrected chi connectivity index (χ2v) is 5.38. The average Bonchev–Trinajstić information content (AvgIpc) is 2.55. The molecule has 0 atom stereocenters. The summed E-state index contributed by atoms with van der Waals surface area (Å²) < 4.78 is 0. The van der Waals surface area contributed by atoms with Crippen molar-refractivity contribution in [1.29, 1.82) is 0 Å². The van der Waals surface area contributed by atoms with Crippen molar-refractivity contribution in [3.8, 4) is 0 Å². The van der Waals surface area contributed by atoms with Crippen molar-refractivity contribution in [3.63, 3.8) is 0 Å². The van der Waals surface area contributed by atoms with Gasteiger partial charge in [0, 0.05) is 13.1 Å². The van der Waals surface area contributed by atoms with Gasteiger partial charge >= 0.3 is 0 Å². The number of nitrogens with one attached hydrogen (secondary N) is 2. The molecule has 1 amide bonds. The molecule has 0 saturated heterocycles. The van der Waals surface area contributed by atoms with Crippen molar-refractivity contribution < 1.29 is 4.79 Å². The van der Waals surface area contributed by atoms with E-state index in [1.807, 2.05) is 37.3 Å². The van der Waals surface area contributed by atoms with Gasteiger partial charge in [-0.2, -0.15) is 0 Å². The first kappa shape index (κ1) is 16.0. The molecule has 2 N–H and O–H groups in total. The highest BCUT2D eigenvalue weighted by Crippen LogP contribution is 2.07. The number of anilines is 1. The number of nitrogens with zero attached hydrogens (tertiary/aromatic N) is 1. The van der Waals surface area contributed by atoms with Crippen LogP contribution in [-0.4, -0.2) is 17.4 Å². The first-order valence-electron chi connectivity index (χ1n) is 7.72. The SMILES string of the molecule is CCCCNc1ccc(C(=O)NCc2ccc(C)cc2)nc1. The molecule has 0 spiro atoms. The van der Waals surface area contributed by atoms with Gasteiger partial charge in [0.25, 0.3) is 5.91 Å². The van der Waals surface area contributed by atoms with Crippen LogP contribution >= 0.6 is 0 Å².